The van der Waals surface area contributed by atoms with Crippen molar-refractivity contribution in [1.82, 2.24) is 19.7 Å². The molecule has 1 aromatic rings. The van der Waals surface area contributed by atoms with Gasteiger partial charge in [-0.1, -0.05) is 20.3 Å². The predicted octanol–water partition coefficient (Wildman–Crippen LogP) is 3.22. The van der Waals surface area contributed by atoms with Gasteiger partial charge in [-0.3, -0.25) is 4.79 Å². The van der Waals surface area contributed by atoms with E-state index >= 15 is 0 Å². The maximum absolute atomic E-state index is 12.9. The van der Waals surface area contributed by atoms with Crippen LogP contribution in [0.15, 0.2) is 6.33 Å². The fraction of sp³-hybridized carbons (Fsp3) is 0.842. The number of nitrogens with zero attached hydrogens (tertiary/aromatic N) is 4. The quantitative estimate of drug-likeness (QED) is 0.805. The average Bonchev–Trinajstić information content (AvgIpc) is 3.09. The molecule has 1 aromatic heterocycles. The van der Waals surface area contributed by atoms with Gasteiger partial charge in [-0.25, -0.2) is 0 Å². The summed E-state index contributed by atoms with van der Waals surface area (Å²) in [7, 11) is 0. The van der Waals surface area contributed by atoms with Gasteiger partial charge < -0.3 is 9.47 Å². The Labute approximate surface area is 144 Å². The number of hydrogen-bond acceptors (Lipinski definition) is 3. The van der Waals surface area contributed by atoms with E-state index in [0.717, 1.165) is 44.2 Å². The first kappa shape index (κ1) is 16.1. The molecule has 0 radical (unpaired) electrons. The molecule has 1 atom stereocenters. The fourth-order valence-corrected chi connectivity index (χ4v) is 4.78. The van der Waals surface area contributed by atoms with Gasteiger partial charge in [0, 0.05) is 31.5 Å². The zero-order valence-electron chi connectivity index (χ0n) is 15.1. The molecule has 1 saturated heterocycles. The van der Waals surface area contributed by atoms with E-state index in [-0.39, 0.29) is 11.3 Å². The lowest BCUT2D eigenvalue weighted by Crippen LogP contribution is -2.39. The van der Waals surface area contributed by atoms with Crippen LogP contribution in [0.25, 0.3) is 0 Å². The Morgan fingerprint density at radius 2 is 2.08 bits per heavy atom. The number of carbonyl (C=O) groups is 1. The number of aromatic nitrogens is 3. The Bertz CT molecular complexity index is 598. The monoisotopic (exact) mass is 330 g/mol. The number of rotatable bonds is 6. The van der Waals surface area contributed by atoms with Gasteiger partial charge in [0.2, 0.25) is 5.91 Å². The van der Waals surface area contributed by atoms with Gasteiger partial charge in [-0.05, 0) is 49.9 Å². The molecular weight excluding hydrogens is 300 g/mol. The fourth-order valence-electron chi connectivity index (χ4n) is 4.78. The Balaban J connectivity index is 1.56. The van der Waals surface area contributed by atoms with Crippen LogP contribution in [0.3, 0.4) is 0 Å². The van der Waals surface area contributed by atoms with E-state index < -0.39 is 0 Å². The Morgan fingerprint density at radius 3 is 2.67 bits per heavy atom. The SMILES string of the molecule is CCC(CC)C(=O)N1CC(c2nncn2CC2CC2)C2(CCC2)C1. The lowest BCUT2D eigenvalue weighted by atomic mass is 9.62. The molecule has 3 fully saturated rings. The van der Waals surface area contributed by atoms with Gasteiger partial charge in [-0.15, -0.1) is 10.2 Å². The largest absolute Gasteiger partial charge is 0.341 e. The first-order valence-electron chi connectivity index (χ1n) is 9.83. The van der Waals surface area contributed by atoms with E-state index in [2.05, 4.69) is 33.5 Å². The van der Waals surface area contributed by atoms with Crippen LogP contribution in [-0.2, 0) is 11.3 Å². The lowest BCUT2D eigenvalue weighted by Gasteiger charge is -2.42. The predicted molar refractivity (Wildman–Crippen MR) is 92.4 cm³/mol. The van der Waals surface area contributed by atoms with E-state index in [1.807, 2.05) is 6.33 Å². The second-order valence-electron chi connectivity index (χ2n) is 8.29. The van der Waals surface area contributed by atoms with Crippen molar-refractivity contribution in [3.05, 3.63) is 12.2 Å². The molecule has 3 aliphatic rings. The van der Waals surface area contributed by atoms with Crippen molar-refractivity contribution in [1.29, 1.82) is 0 Å². The van der Waals surface area contributed by atoms with Crippen LogP contribution in [0.1, 0.15) is 70.5 Å². The second kappa shape index (κ2) is 6.16. The summed E-state index contributed by atoms with van der Waals surface area (Å²) in [6, 6.07) is 0. The van der Waals surface area contributed by atoms with Crippen LogP contribution in [0.4, 0.5) is 0 Å². The molecule has 0 bridgehead atoms. The highest BCUT2D eigenvalue weighted by Crippen LogP contribution is 2.55. The topological polar surface area (TPSA) is 51.0 Å². The Hall–Kier alpha value is -1.39. The molecule has 5 heteroatoms. The van der Waals surface area contributed by atoms with E-state index in [4.69, 9.17) is 0 Å². The molecule has 1 amide bonds. The standard InChI is InChI=1S/C19H30N4O/c1-3-15(4-2)18(24)22-11-16(19(12-22)8-5-9-19)17-21-20-13-23(17)10-14-6-7-14/h13-16H,3-12H2,1-2H3. The third kappa shape index (κ3) is 2.66. The van der Waals surface area contributed by atoms with Crippen molar-refractivity contribution >= 4 is 5.91 Å². The summed E-state index contributed by atoms with van der Waals surface area (Å²) < 4.78 is 2.29. The normalized spacial score (nSPS) is 25.5. The molecule has 0 aromatic carbocycles. The minimum absolute atomic E-state index is 0.185. The maximum Gasteiger partial charge on any atom is 0.225 e. The lowest BCUT2D eigenvalue weighted by molar-refractivity contribution is -0.135. The Kier molecular flexibility index (Phi) is 4.13. The van der Waals surface area contributed by atoms with Gasteiger partial charge in [0.05, 0.1) is 0 Å². The van der Waals surface area contributed by atoms with Crippen LogP contribution in [0, 0.1) is 17.3 Å². The molecule has 2 saturated carbocycles. The highest BCUT2D eigenvalue weighted by atomic mass is 16.2. The molecule has 5 nitrogen and oxygen atoms in total. The van der Waals surface area contributed by atoms with Crippen LogP contribution in [-0.4, -0.2) is 38.7 Å². The van der Waals surface area contributed by atoms with Gasteiger partial charge >= 0.3 is 0 Å². The van der Waals surface area contributed by atoms with Crippen molar-refractivity contribution in [2.75, 3.05) is 13.1 Å². The van der Waals surface area contributed by atoms with Crippen LogP contribution in [0.5, 0.6) is 0 Å². The molecule has 1 aliphatic heterocycles. The zero-order chi connectivity index (χ0) is 16.7. The summed E-state index contributed by atoms with van der Waals surface area (Å²) in [6.45, 7) is 7.10. The summed E-state index contributed by atoms with van der Waals surface area (Å²) in [5, 5.41) is 8.73. The highest BCUT2D eigenvalue weighted by molar-refractivity contribution is 5.79. The number of carbonyl (C=O) groups excluding carboxylic acids is 1. The van der Waals surface area contributed by atoms with Crippen molar-refractivity contribution in [2.45, 2.75) is 71.3 Å². The molecule has 24 heavy (non-hydrogen) atoms. The maximum atomic E-state index is 12.9. The third-order valence-electron chi connectivity index (χ3n) is 6.75. The summed E-state index contributed by atoms with van der Waals surface area (Å²) in [5.41, 5.74) is 0.274. The number of likely N-dealkylation sites (tertiary alicyclic amines) is 1. The molecule has 1 spiro atoms. The van der Waals surface area contributed by atoms with Crippen molar-refractivity contribution < 1.29 is 4.79 Å². The van der Waals surface area contributed by atoms with E-state index in [1.54, 1.807) is 0 Å². The van der Waals surface area contributed by atoms with Crippen LogP contribution < -0.4 is 0 Å². The van der Waals surface area contributed by atoms with Crippen LogP contribution >= 0.6 is 0 Å². The highest BCUT2D eigenvalue weighted by Gasteiger charge is 2.54. The number of hydrogen-bond donors (Lipinski definition) is 0. The smallest absolute Gasteiger partial charge is 0.225 e. The van der Waals surface area contributed by atoms with Crippen molar-refractivity contribution in [2.24, 2.45) is 17.3 Å². The number of amides is 1. The van der Waals surface area contributed by atoms with Crippen molar-refractivity contribution in [3.8, 4) is 0 Å². The molecule has 0 N–H and O–H groups in total. The molecule has 1 unspecified atom stereocenters. The third-order valence-corrected chi connectivity index (χ3v) is 6.75. The van der Waals surface area contributed by atoms with Crippen molar-refractivity contribution in [3.63, 3.8) is 0 Å². The summed E-state index contributed by atoms with van der Waals surface area (Å²) in [4.78, 5) is 15.1. The van der Waals surface area contributed by atoms with Crippen LogP contribution in [0.2, 0.25) is 0 Å². The minimum atomic E-state index is 0.185. The van der Waals surface area contributed by atoms with Gasteiger partial charge in [0.25, 0.3) is 0 Å². The van der Waals surface area contributed by atoms with E-state index in [1.165, 1.54) is 32.1 Å². The average molecular weight is 330 g/mol. The molecular formula is C19H30N4O. The molecule has 4 rings (SSSR count). The summed E-state index contributed by atoms with van der Waals surface area (Å²) in [5.74, 6) is 2.89. The second-order valence-corrected chi connectivity index (χ2v) is 8.29. The van der Waals surface area contributed by atoms with Gasteiger partial charge in [-0.2, -0.15) is 0 Å². The molecule has 2 aliphatic carbocycles. The molecule has 2 heterocycles. The Morgan fingerprint density at radius 1 is 1.33 bits per heavy atom. The first-order valence-corrected chi connectivity index (χ1v) is 9.83. The van der Waals surface area contributed by atoms with E-state index in [9.17, 15) is 4.79 Å². The van der Waals surface area contributed by atoms with E-state index in [0.29, 0.717) is 11.8 Å². The molecule has 132 valence electrons. The first-order chi connectivity index (χ1) is 11.7. The summed E-state index contributed by atoms with van der Waals surface area (Å²) >= 11 is 0. The minimum Gasteiger partial charge on any atom is -0.341 e. The van der Waals surface area contributed by atoms with Gasteiger partial charge in [0.15, 0.2) is 0 Å². The van der Waals surface area contributed by atoms with Gasteiger partial charge in [0.1, 0.15) is 12.2 Å². The zero-order valence-corrected chi connectivity index (χ0v) is 15.1. The summed E-state index contributed by atoms with van der Waals surface area (Å²) in [6.07, 6.45) is 10.2.